The van der Waals surface area contributed by atoms with Crippen LogP contribution < -0.4 is 22.1 Å². The SMILES string of the molecule is NC(=O)NC1CN1CCCCCCN1CC1NC(N)=O. The molecule has 0 radical (unpaired) electrons. The topological polar surface area (TPSA) is 116 Å². The van der Waals surface area contributed by atoms with E-state index in [1.807, 2.05) is 0 Å². The average molecular weight is 284 g/mol. The summed E-state index contributed by atoms with van der Waals surface area (Å²) in [6.45, 7) is 3.86. The summed E-state index contributed by atoms with van der Waals surface area (Å²) in [5.74, 6) is 0. The molecule has 0 spiro atoms. The Labute approximate surface area is 118 Å². The molecule has 4 amide bonds. The first-order chi connectivity index (χ1) is 9.56. The van der Waals surface area contributed by atoms with E-state index in [-0.39, 0.29) is 12.3 Å². The van der Waals surface area contributed by atoms with Crippen LogP contribution >= 0.6 is 0 Å². The van der Waals surface area contributed by atoms with Crippen molar-refractivity contribution in [3.05, 3.63) is 0 Å². The van der Waals surface area contributed by atoms with E-state index in [0.29, 0.717) is 0 Å². The van der Waals surface area contributed by atoms with Crippen molar-refractivity contribution in [2.24, 2.45) is 11.5 Å². The van der Waals surface area contributed by atoms with Gasteiger partial charge in [-0.25, -0.2) is 9.59 Å². The number of nitrogens with zero attached hydrogens (tertiary/aromatic N) is 2. The molecule has 0 aliphatic carbocycles. The molecule has 2 fully saturated rings. The highest BCUT2D eigenvalue weighted by Gasteiger charge is 2.34. The second kappa shape index (κ2) is 6.76. The van der Waals surface area contributed by atoms with E-state index < -0.39 is 12.1 Å². The monoisotopic (exact) mass is 284 g/mol. The molecular weight excluding hydrogens is 260 g/mol. The molecule has 2 aliphatic heterocycles. The maximum atomic E-state index is 10.6. The molecule has 6 N–H and O–H groups in total. The van der Waals surface area contributed by atoms with Crippen LogP contribution in [0.2, 0.25) is 0 Å². The number of urea groups is 2. The van der Waals surface area contributed by atoms with Crippen molar-refractivity contribution in [3.8, 4) is 0 Å². The van der Waals surface area contributed by atoms with Crippen molar-refractivity contribution in [1.82, 2.24) is 20.4 Å². The number of primary amides is 2. The summed E-state index contributed by atoms with van der Waals surface area (Å²) in [4.78, 5) is 25.6. The van der Waals surface area contributed by atoms with Crippen molar-refractivity contribution >= 4 is 12.1 Å². The van der Waals surface area contributed by atoms with Crippen LogP contribution in [0.15, 0.2) is 0 Å². The van der Waals surface area contributed by atoms with Gasteiger partial charge in [-0.05, 0) is 12.8 Å². The molecule has 8 nitrogen and oxygen atoms in total. The van der Waals surface area contributed by atoms with Crippen LogP contribution in [0.5, 0.6) is 0 Å². The lowest BCUT2D eigenvalue weighted by Crippen LogP contribution is -2.34. The summed E-state index contributed by atoms with van der Waals surface area (Å²) < 4.78 is 0. The fourth-order valence-electron chi connectivity index (χ4n) is 2.43. The highest BCUT2D eigenvalue weighted by Crippen LogP contribution is 2.17. The average Bonchev–Trinajstić information content (AvgIpc) is 3.22. The Hall–Kier alpha value is -1.54. The lowest BCUT2D eigenvalue weighted by molar-refractivity contribution is 0.245. The quantitative estimate of drug-likeness (QED) is 0.326. The van der Waals surface area contributed by atoms with E-state index in [4.69, 9.17) is 11.5 Å². The number of amides is 4. The smallest absolute Gasteiger partial charge is 0.313 e. The van der Waals surface area contributed by atoms with Gasteiger partial charge in [-0.3, -0.25) is 9.80 Å². The zero-order valence-corrected chi connectivity index (χ0v) is 11.7. The van der Waals surface area contributed by atoms with Gasteiger partial charge in [-0.15, -0.1) is 0 Å². The van der Waals surface area contributed by atoms with Crippen molar-refractivity contribution in [2.45, 2.75) is 38.0 Å². The second-order valence-corrected chi connectivity index (χ2v) is 5.45. The van der Waals surface area contributed by atoms with E-state index in [9.17, 15) is 9.59 Å². The molecule has 2 saturated heterocycles. The summed E-state index contributed by atoms with van der Waals surface area (Å²) in [5.41, 5.74) is 10.1. The minimum Gasteiger partial charge on any atom is -0.352 e. The van der Waals surface area contributed by atoms with Crippen LogP contribution in [-0.4, -0.2) is 60.4 Å². The third kappa shape index (κ3) is 5.22. The summed E-state index contributed by atoms with van der Waals surface area (Å²) in [5, 5.41) is 5.35. The van der Waals surface area contributed by atoms with Crippen molar-refractivity contribution in [2.75, 3.05) is 26.2 Å². The molecule has 0 saturated carbocycles. The minimum atomic E-state index is -0.449. The minimum absolute atomic E-state index is 0.158. The van der Waals surface area contributed by atoms with E-state index in [2.05, 4.69) is 20.4 Å². The molecule has 114 valence electrons. The molecule has 2 aliphatic rings. The van der Waals surface area contributed by atoms with Crippen molar-refractivity contribution < 1.29 is 9.59 Å². The lowest BCUT2D eigenvalue weighted by Gasteiger charge is -2.05. The van der Waals surface area contributed by atoms with Gasteiger partial charge >= 0.3 is 12.1 Å². The highest BCUT2D eigenvalue weighted by atomic mass is 16.2. The lowest BCUT2D eigenvalue weighted by atomic mass is 10.2. The van der Waals surface area contributed by atoms with Crippen molar-refractivity contribution in [3.63, 3.8) is 0 Å². The van der Waals surface area contributed by atoms with Crippen LogP contribution in [-0.2, 0) is 0 Å². The Morgan fingerprint density at radius 1 is 0.850 bits per heavy atom. The summed E-state index contributed by atoms with van der Waals surface area (Å²) >= 11 is 0. The Kier molecular flexibility index (Phi) is 5.02. The molecule has 20 heavy (non-hydrogen) atoms. The highest BCUT2D eigenvalue weighted by molar-refractivity contribution is 5.72. The van der Waals surface area contributed by atoms with E-state index in [1.165, 1.54) is 12.8 Å². The molecular formula is C12H24N6O2. The summed E-state index contributed by atoms with van der Waals surface area (Å²) in [6, 6.07) is -0.898. The fourth-order valence-corrected chi connectivity index (χ4v) is 2.43. The third-order valence-corrected chi connectivity index (χ3v) is 3.69. The van der Waals surface area contributed by atoms with Crippen LogP contribution in [0.4, 0.5) is 9.59 Å². The maximum Gasteiger partial charge on any atom is 0.313 e. The number of hydrogen-bond acceptors (Lipinski definition) is 4. The van der Waals surface area contributed by atoms with Gasteiger partial charge < -0.3 is 22.1 Å². The van der Waals surface area contributed by atoms with E-state index >= 15 is 0 Å². The molecule has 2 heterocycles. The number of unbranched alkanes of at least 4 members (excludes halogenated alkanes) is 3. The number of hydrogen-bond donors (Lipinski definition) is 4. The van der Waals surface area contributed by atoms with E-state index in [0.717, 1.165) is 39.0 Å². The van der Waals surface area contributed by atoms with Gasteiger partial charge in [0.25, 0.3) is 0 Å². The molecule has 0 aromatic carbocycles. The Morgan fingerprint density at radius 3 is 1.60 bits per heavy atom. The van der Waals surface area contributed by atoms with Gasteiger partial charge in [-0.2, -0.15) is 0 Å². The molecule has 4 unspecified atom stereocenters. The zero-order chi connectivity index (χ0) is 14.5. The second-order valence-electron chi connectivity index (χ2n) is 5.45. The van der Waals surface area contributed by atoms with Gasteiger partial charge in [0.15, 0.2) is 0 Å². The van der Waals surface area contributed by atoms with Gasteiger partial charge in [0.05, 0.1) is 12.3 Å². The predicted octanol–water partition coefficient (Wildman–Crippen LogP) is -0.833. The first kappa shape index (κ1) is 14.9. The van der Waals surface area contributed by atoms with Crippen LogP contribution in [0.1, 0.15) is 25.7 Å². The first-order valence-electron chi connectivity index (χ1n) is 7.16. The third-order valence-electron chi connectivity index (χ3n) is 3.69. The molecule has 8 heteroatoms. The number of carbonyl (C=O) groups is 2. The van der Waals surface area contributed by atoms with Gasteiger partial charge in [-0.1, -0.05) is 12.8 Å². The molecule has 0 aromatic heterocycles. The van der Waals surface area contributed by atoms with Gasteiger partial charge in [0.1, 0.15) is 0 Å². The number of rotatable bonds is 9. The van der Waals surface area contributed by atoms with Crippen LogP contribution in [0.25, 0.3) is 0 Å². The van der Waals surface area contributed by atoms with E-state index in [1.54, 1.807) is 0 Å². The standard InChI is InChI=1S/C12H24N6O2/c13-11(19)15-9-7-17(9)5-3-1-2-4-6-18-8-10(18)16-12(14)20/h9-10H,1-8H2,(H3,13,15,19)(H3,14,16,20). The first-order valence-corrected chi connectivity index (χ1v) is 7.16. The Morgan fingerprint density at radius 2 is 1.25 bits per heavy atom. The number of carbonyl (C=O) groups excluding carboxylic acids is 2. The molecule has 4 atom stereocenters. The predicted molar refractivity (Wildman–Crippen MR) is 74.6 cm³/mol. The van der Waals surface area contributed by atoms with Crippen molar-refractivity contribution in [1.29, 1.82) is 0 Å². The summed E-state index contributed by atoms with van der Waals surface area (Å²) in [6.07, 6.45) is 4.96. The fraction of sp³-hybridized carbons (Fsp3) is 0.833. The summed E-state index contributed by atoms with van der Waals surface area (Å²) in [7, 11) is 0. The van der Waals surface area contributed by atoms with Crippen LogP contribution in [0.3, 0.4) is 0 Å². The molecule has 0 bridgehead atoms. The number of nitrogens with one attached hydrogen (secondary N) is 2. The van der Waals surface area contributed by atoms with Crippen LogP contribution in [0, 0.1) is 0 Å². The number of nitrogens with two attached hydrogens (primary N) is 2. The largest absolute Gasteiger partial charge is 0.352 e. The maximum absolute atomic E-state index is 10.6. The molecule has 0 aromatic rings. The zero-order valence-electron chi connectivity index (χ0n) is 11.7. The van der Waals surface area contributed by atoms with Gasteiger partial charge in [0, 0.05) is 26.2 Å². The Bertz CT molecular complexity index is 330. The molecule has 2 rings (SSSR count). The Balaban J connectivity index is 1.37. The van der Waals surface area contributed by atoms with Gasteiger partial charge in [0.2, 0.25) is 0 Å². The normalized spacial score (nSPS) is 30.6.